The second kappa shape index (κ2) is 5.80. The zero-order valence-electron chi connectivity index (χ0n) is 12.7. The summed E-state index contributed by atoms with van der Waals surface area (Å²) in [5, 5.41) is 3.46. The van der Waals surface area contributed by atoms with E-state index in [0.29, 0.717) is 12.1 Å². The van der Waals surface area contributed by atoms with Crippen LogP contribution in [-0.4, -0.2) is 49.2 Å². The highest BCUT2D eigenvalue weighted by Gasteiger charge is 2.40. The number of nitrogens with zero attached hydrogens (tertiary/aromatic N) is 1. The van der Waals surface area contributed by atoms with Gasteiger partial charge in [-0.2, -0.15) is 0 Å². The Labute approximate surface area is 116 Å². The van der Waals surface area contributed by atoms with E-state index >= 15 is 0 Å². The zero-order valence-corrected chi connectivity index (χ0v) is 12.7. The molecule has 0 spiro atoms. The predicted molar refractivity (Wildman–Crippen MR) is 76.0 cm³/mol. The number of carbonyl (C=O) groups excluding carboxylic acids is 1. The number of hydrogen-bond acceptors (Lipinski definition) is 4. The van der Waals surface area contributed by atoms with E-state index in [2.05, 4.69) is 24.2 Å². The third-order valence-corrected chi connectivity index (χ3v) is 4.70. The minimum atomic E-state index is -0.534. The molecule has 0 aliphatic heterocycles. The largest absolute Gasteiger partial charge is 0.468 e. The third kappa shape index (κ3) is 3.93. The smallest absolute Gasteiger partial charge is 0.325 e. The lowest BCUT2D eigenvalue weighted by Gasteiger charge is -2.32. The van der Waals surface area contributed by atoms with Crippen molar-refractivity contribution in [3.8, 4) is 0 Å². The number of esters is 1. The maximum atomic E-state index is 12.0. The quantitative estimate of drug-likeness (QED) is 0.682. The van der Waals surface area contributed by atoms with E-state index < -0.39 is 5.54 Å². The fourth-order valence-electron chi connectivity index (χ4n) is 2.68. The topological polar surface area (TPSA) is 41.6 Å². The molecule has 0 bridgehead atoms. The van der Waals surface area contributed by atoms with Gasteiger partial charge >= 0.3 is 5.97 Å². The monoisotopic (exact) mass is 268 g/mol. The molecular formula is C15H28N2O2. The first-order valence-electron chi connectivity index (χ1n) is 7.52. The first-order chi connectivity index (χ1) is 8.96. The fraction of sp³-hybridized carbons (Fsp3) is 0.933. The van der Waals surface area contributed by atoms with Gasteiger partial charge in [0.25, 0.3) is 0 Å². The molecule has 4 nitrogen and oxygen atoms in total. The average Bonchev–Trinajstić information content (AvgIpc) is 3.26. The number of methoxy groups -OCH3 is 1. The minimum absolute atomic E-state index is 0.133. The van der Waals surface area contributed by atoms with Crippen molar-refractivity contribution in [3.63, 3.8) is 0 Å². The van der Waals surface area contributed by atoms with Crippen LogP contribution in [0.1, 0.15) is 46.0 Å². The van der Waals surface area contributed by atoms with E-state index in [1.54, 1.807) is 0 Å². The summed E-state index contributed by atoms with van der Waals surface area (Å²) in [6.07, 6.45) is 5.89. The van der Waals surface area contributed by atoms with E-state index in [4.69, 9.17) is 4.74 Å². The van der Waals surface area contributed by atoms with Crippen molar-refractivity contribution in [1.82, 2.24) is 10.2 Å². The molecular weight excluding hydrogens is 240 g/mol. The fourth-order valence-corrected chi connectivity index (χ4v) is 2.68. The van der Waals surface area contributed by atoms with Crippen LogP contribution in [-0.2, 0) is 9.53 Å². The van der Waals surface area contributed by atoms with Gasteiger partial charge < -0.3 is 9.64 Å². The van der Waals surface area contributed by atoms with Crippen LogP contribution < -0.4 is 5.32 Å². The normalized spacial score (nSPS) is 24.1. The van der Waals surface area contributed by atoms with Gasteiger partial charge in [0, 0.05) is 18.6 Å². The van der Waals surface area contributed by atoms with E-state index in [1.807, 2.05) is 6.92 Å². The van der Waals surface area contributed by atoms with Crippen molar-refractivity contribution in [2.75, 3.05) is 20.7 Å². The lowest BCUT2D eigenvalue weighted by atomic mass is 9.96. The van der Waals surface area contributed by atoms with Crippen molar-refractivity contribution >= 4 is 5.97 Å². The van der Waals surface area contributed by atoms with Gasteiger partial charge in [0.15, 0.2) is 0 Å². The molecule has 0 heterocycles. The summed E-state index contributed by atoms with van der Waals surface area (Å²) >= 11 is 0. The SMILES string of the molecule is COC(=O)C(C)(CCN(C)C(C)C1CC1)NC1CC1. The summed E-state index contributed by atoms with van der Waals surface area (Å²) in [6.45, 7) is 5.21. The van der Waals surface area contributed by atoms with Crippen molar-refractivity contribution in [2.24, 2.45) is 5.92 Å². The highest BCUT2D eigenvalue weighted by molar-refractivity contribution is 5.80. The van der Waals surface area contributed by atoms with Crippen LogP contribution in [0.25, 0.3) is 0 Å². The second-order valence-corrected chi connectivity index (χ2v) is 6.55. The lowest BCUT2D eigenvalue weighted by molar-refractivity contribution is -0.148. The Hall–Kier alpha value is -0.610. The Morgan fingerprint density at radius 1 is 1.42 bits per heavy atom. The molecule has 0 saturated heterocycles. The summed E-state index contributed by atoms with van der Waals surface area (Å²) in [6, 6.07) is 1.14. The van der Waals surface area contributed by atoms with Crippen molar-refractivity contribution in [3.05, 3.63) is 0 Å². The van der Waals surface area contributed by atoms with Crippen LogP contribution in [0.15, 0.2) is 0 Å². The maximum Gasteiger partial charge on any atom is 0.325 e. The van der Waals surface area contributed by atoms with E-state index in [9.17, 15) is 4.79 Å². The number of ether oxygens (including phenoxy) is 1. The van der Waals surface area contributed by atoms with Gasteiger partial charge in [0.1, 0.15) is 5.54 Å². The van der Waals surface area contributed by atoms with Gasteiger partial charge in [0.2, 0.25) is 0 Å². The van der Waals surface area contributed by atoms with Gasteiger partial charge in [-0.25, -0.2) is 0 Å². The van der Waals surface area contributed by atoms with Gasteiger partial charge in [-0.05, 0) is 58.9 Å². The predicted octanol–water partition coefficient (Wildman–Crippen LogP) is 1.79. The van der Waals surface area contributed by atoms with Crippen LogP contribution in [0.2, 0.25) is 0 Å². The maximum absolute atomic E-state index is 12.0. The molecule has 2 aliphatic rings. The van der Waals surface area contributed by atoms with Crippen LogP contribution in [0.3, 0.4) is 0 Å². The van der Waals surface area contributed by atoms with Crippen molar-refractivity contribution in [1.29, 1.82) is 0 Å². The van der Waals surface area contributed by atoms with Crippen LogP contribution in [0.4, 0.5) is 0 Å². The summed E-state index contributed by atoms with van der Waals surface area (Å²) in [5.41, 5.74) is -0.534. The molecule has 2 saturated carbocycles. The molecule has 0 aromatic carbocycles. The highest BCUT2D eigenvalue weighted by Crippen LogP contribution is 2.35. The standard InChI is InChI=1S/C15H28N2O2/c1-11(12-5-6-12)17(3)10-9-15(2,14(18)19-4)16-13-7-8-13/h11-13,16H,5-10H2,1-4H3. The molecule has 2 unspecified atom stereocenters. The molecule has 2 aliphatic carbocycles. The van der Waals surface area contributed by atoms with E-state index in [0.717, 1.165) is 18.9 Å². The van der Waals surface area contributed by atoms with Crippen LogP contribution >= 0.6 is 0 Å². The highest BCUT2D eigenvalue weighted by atomic mass is 16.5. The van der Waals surface area contributed by atoms with Gasteiger partial charge in [-0.15, -0.1) is 0 Å². The first-order valence-corrected chi connectivity index (χ1v) is 7.52. The number of nitrogens with one attached hydrogen (secondary N) is 1. The van der Waals surface area contributed by atoms with Crippen LogP contribution in [0, 0.1) is 5.92 Å². The molecule has 2 rings (SSSR count). The van der Waals surface area contributed by atoms with Gasteiger partial charge in [-0.3, -0.25) is 10.1 Å². The zero-order chi connectivity index (χ0) is 14.0. The molecule has 0 amide bonds. The molecule has 0 radical (unpaired) electrons. The first kappa shape index (κ1) is 14.8. The van der Waals surface area contributed by atoms with Gasteiger partial charge in [-0.1, -0.05) is 0 Å². The summed E-state index contributed by atoms with van der Waals surface area (Å²) in [7, 11) is 3.64. The molecule has 0 aromatic heterocycles. The lowest BCUT2D eigenvalue weighted by Crippen LogP contribution is -2.53. The number of rotatable bonds is 8. The molecule has 2 atom stereocenters. The summed E-state index contributed by atoms with van der Waals surface area (Å²) in [5.74, 6) is 0.734. The second-order valence-electron chi connectivity index (χ2n) is 6.55. The Kier molecular flexibility index (Phi) is 4.51. The van der Waals surface area contributed by atoms with Gasteiger partial charge in [0.05, 0.1) is 7.11 Å². The van der Waals surface area contributed by atoms with Crippen molar-refractivity contribution in [2.45, 2.75) is 63.6 Å². The third-order valence-electron chi connectivity index (χ3n) is 4.70. The summed E-state index contributed by atoms with van der Waals surface area (Å²) in [4.78, 5) is 14.4. The minimum Gasteiger partial charge on any atom is -0.468 e. The molecule has 1 N–H and O–H groups in total. The number of carbonyl (C=O) groups is 1. The molecule has 19 heavy (non-hydrogen) atoms. The molecule has 2 fully saturated rings. The molecule has 4 heteroatoms. The van der Waals surface area contributed by atoms with Crippen molar-refractivity contribution < 1.29 is 9.53 Å². The molecule has 0 aromatic rings. The Morgan fingerprint density at radius 3 is 2.53 bits per heavy atom. The number of hydrogen-bond donors (Lipinski definition) is 1. The van der Waals surface area contributed by atoms with Crippen LogP contribution in [0.5, 0.6) is 0 Å². The Morgan fingerprint density at radius 2 is 2.05 bits per heavy atom. The Balaban J connectivity index is 1.85. The molecule has 110 valence electrons. The average molecular weight is 268 g/mol. The van der Waals surface area contributed by atoms with E-state index in [1.165, 1.54) is 32.8 Å². The van der Waals surface area contributed by atoms with E-state index in [-0.39, 0.29) is 5.97 Å². The Bertz CT molecular complexity index is 326. The summed E-state index contributed by atoms with van der Waals surface area (Å²) < 4.78 is 4.98.